The molecule has 0 radical (unpaired) electrons. The maximum Gasteiger partial charge on any atom is 0.136 e. The van der Waals surface area contributed by atoms with Gasteiger partial charge in [0, 0.05) is 27.7 Å². The molecule has 292 valence electrons. The van der Waals surface area contributed by atoms with E-state index in [4.69, 9.17) is 4.42 Å². The summed E-state index contributed by atoms with van der Waals surface area (Å²) in [7, 11) is 0. The summed E-state index contributed by atoms with van der Waals surface area (Å²) in [5.74, 6) is 0. The van der Waals surface area contributed by atoms with Gasteiger partial charge < -0.3 is 9.32 Å². The van der Waals surface area contributed by atoms with E-state index >= 15 is 0 Å². The SMILES string of the molecule is c1ccc(-c2ccc(-c3ccc(N(c4ccc(-c5cccc6oc7ccccc7c56)cc4)c4ccccc4-c4ccccc4-c4ccccc4-c4ccccc4)cc3)cc2)cc1. The van der Waals surface area contributed by atoms with Crippen LogP contribution < -0.4 is 4.90 Å². The first-order valence-corrected chi connectivity index (χ1v) is 21.2. The highest BCUT2D eigenvalue weighted by molar-refractivity contribution is 6.12. The molecule has 0 fully saturated rings. The van der Waals surface area contributed by atoms with Gasteiger partial charge in [-0.1, -0.05) is 206 Å². The van der Waals surface area contributed by atoms with Crippen molar-refractivity contribution in [2.24, 2.45) is 0 Å². The van der Waals surface area contributed by atoms with Crippen LogP contribution in [0.15, 0.2) is 253 Å². The van der Waals surface area contributed by atoms with E-state index in [1.807, 2.05) is 12.1 Å². The molecule has 11 rings (SSSR count). The van der Waals surface area contributed by atoms with Gasteiger partial charge in [-0.3, -0.25) is 0 Å². The lowest BCUT2D eigenvalue weighted by molar-refractivity contribution is 0.669. The number of rotatable bonds is 9. The molecule has 0 aliphatic carbocycles. The van der Waals surface area contributed by atoms with Crippen molar-refractivity contribution in [3.8, 4) is 66.8 Å². The highest BCUT2D eigenvalue weighted by atomic mass is 16.3. The smallest absolute Gasteiger partial charge is 0.136 e. The summed E-state index contributed by atoms with van der Waals surface area (Å²) in [4.78, 5) is 2.40. The minimum Gasteiger partial charge on any atom is -0.456 e. The zero-order valence-corrected chi connectivity index (χ0v) is 34.0. The van der Waals surface area contributed by atoms with Crippen molar-refractivity contribution < 1.29 is 4.42 Å². The van der Waals surface area contributed by atoms with Crippen LogP contribution in [0, 0.1) is 0 Å². The van der Waals surface area contributed by atoms with Crippen molar-refractivity contribution in [1.82, 2.24) is 0 Å². The van der Waals surface area contributed by atoms with Gasteiger partial charge in [0.05, 0.1) is 5.69 Å². The van der Waals surface area contributed by atoms with Gasteiger partial charge in [-0.05, 0) is 104 Å². The van der Waals surface area contributed by atoms with E-state index in [2.05, 4.69) is 241 Å². The molecule has 11 aromatic rings. The van der Waals surface area contributed by atoms with Crippen LogP contribution in [0.1, 0.15) is 0 Å². The minimum atomic E-state index is 0.894. The number of fused-ring (bicyclic) bond motifs is 3. The first kappa shape index (κ1) is 36.8. The molecule has 2 nitrogen and oxygen atoms in total. The molecular weight excluding hydrogens is 751 g/mol. The molecule has 0 aliphatic heterocycles. The molecule has 62 heavy (non-hydrogen) atoms. The Hall–Kier alpha value is -8.20. The summed E-state index contributed by atoms with van der Waals surface area (Å²) in [6, 6.07) is 89.1. The standard InChI is InChI=1S/C60H41NO/c1-3-16-42(17-4-1)43-30-32-44(33-31-43)45-34-38-48(39-35-45)61(49-40-36-47(37-41-49)51-26-15-29-59-60(51)56-25-12-14-28-58(56)62-59)57-27-13-11-24-55(57)54-23-10-9-22-53(54)52-21-8-7-20-50(52)46-18-5-2-6-19-46/h1-41H. The lowest BCUT2D eigenvalue weighted by Crippen LogP contribution is -2.11. The predicted molar refractivity (Wildman–Crippen MR) is 261 cm³/mol. The Morgan fingerprint density at radius 3 is 1.26 bits per heavy atom. The van der Waals surface area contributed by atoms with Crippen LogP contribution in [0.5, 0.6) is 0 Å². The number of hydrogen-bond acceptors (Lipinski definition) is 2. The van der Waals surface area contributed by atoms with Gasteiger partial charge in [0.1, 0.15) is 11.2 Å². The number of hydrogen-bond donors (Lipinski definition) is 0. The van der Waals surface area contributed by atoms with E-state index in [9.17, 15) is 0 Å². The molecule has 0 saturated carbocycles. The van der Waals surface area contributed by atoms with Gasteiger partial charge in [0.15, 0.2) is 0 Å². The predicted octanol–water partition coefficient (Wildman–Crippen LogP) is 17.1. The van der Waals surface area contributed by atoms with Crippen LogP contribution >= 0.6 is 0 Å². The number of benzene rings is 10. The van der Waals surface area contributed by atoms with Crippen molar-refractivity contribution in [3.05, 3.63) is 249 Å². The summed E-state index contributed by atoms with van der Waals surface area (Å²) in [6.07, 6.45) is 0. The van der Waals surface area contributed by atoms with Crippen LogP contribution in [0.2, 0.25) is 0 Å². The number of para-hydroxylation sites is 2. The molecule has 0 atom stereocenters. The Labute approximate surface area is 362 Å². The average molecular weight is 792 g/mol. The molecule has 0 N–H and O–H groups in total. The molecule has 1 aromatic heterocycles. The fraction of sp³-hybridized carbons (Fsp3) is 0. The highest BCUT2D eigenvalue weighted by Gasteiger charge is 2.21. The zero-order chi connectivity index (χ0) is 41.2. The van der Waals surface area contributed by atoms with E-state index in [1.54, 1.807) is 0 Å². The molecule has 0 spiro atoms. The summed E-state index contributed by atoms with van der Waals surface area (Å²) in [5.41, 5.74) is 19.2. The van der Waals surface area contributed by atoms with E-state index < -0.39 is 0 Å². The van der Waals surface area contributed by atoms with Gasteiger partial charge >= 0.3 is 0 Å². The summed E-state index contributed by atoms with van der Waals surface area (Å²) >= 11 is 0. The van der Waals surface area contributed by atoms with Gasteiger partial charge in [-0.2, -0.15) is 0 Å². The zero-order valence-electron chi connectivity index (χ0n) is 34.0. The fourth-order valence-corrected chi connectivity index (χ4v) is 8.96. The van der Waals surface area contributed by atoms with Crippen LogP contribution in [0.4, 0.5) is 17.1 Å². The van der Waals surface area contributed by atoms with Crippen molar-refractivity contribution in [3.63, 3.8) is 0 Å². The molecule has 10 aromatic carbocycles. The second kappa shape index (κ2) is 16.1. The van der Waals surface area contributed by atoms with Crippen molar-refractivity contribution >= 4 is 39.0 Å². The largest absolute Gasteiger partial charge is 0.456 e. The maximum atomic E-state index is 6.28. The summed E-state index contributed by atoms with van der Waals surface area (Å²) in [5, 5.41) is 2.26. The van der Waals surface area contributed by atoms with Gasteiger partial charge in [0.2, 0.25) is 0 Å². The van der Waals surface area contributed by atoms with Crippen LogP contribution in [0.25, 0.3) is 88.7 Å². The minimum absolute atomic E-state index is 0.894. The quantitative estimate of drug-likeness (QED) is 0.145. The van der Waals surface area contributed by atoms with Crippen molar-refractivity contribution in [2.45, 2.75) is 0 Å². The molecule has 0 bridgehead atoms. The monoisotopic (exact) mass is 791 g/mol. The number of anilines is 3. The first-order valence-electron chi connectivity index (χ1n) is 21.2. The molecule has 0 aliphatic rings. The van der Waals surface area contributed by atoms with Crippen molar-refractivity contribution in [1.29, 1.82) is 0 Å². The van der Waals surface area contributed by atoms with Crippen LogP contribution in [0.3, 0.4) is 0 Å². The Morgan fingerprint density at radius 2 is 0.629 bits per heavy atom. The topological polar surface area (TPSA) is 16.4 Å². The summed E-state index contributed by atoms with van der Waals surface area (Å²) < 4.78 is 6.28. The average Bonchev–Trinajstić information content (AvgIpc) is 3.75. The Kier molecular flexibility index (Phi) is 9.57. The van der Waals surface area contributed by atoms with Gasteiger partial charge in [0.25, 0.3) is 0 Å². The van der Waals surface area contributed by atoms with Crippen molar-refractivity contribution in [2.75, 3.05) is 4.90 Å². The lowest BCUT2D eigenvalue weighted by Gasteiger charge is -2.29. The third-order valence-corrected chi connectivity index (χ3v) is 12.0. The van der Waals surface area contributed by atoms with E-state index in [-0.39, 0.29) is 0 Å². The second-order valence-corrected chi connectivity index (χ2v) is 15.6. The second-order valence-electron chi connectivity index (χ2n) is 15.6. The van der Waals surface area contributed by atoms with E-state index in [1.165, 1.54) is 50.1 Å². The Balaban J connectivity index is 1.04. The number of nitrogens with zero attached hydrogens (tertiary/aromatic N) is 1. The first-order chi connectivity index (χ1) is 30.8. The normalized spacial score (nSPS) is 11.2. The molecule has 0 saturated heterocycles. The number of furan rings is 1. The van der Waals surface area contributed by atoms with Crippen LogP contribution in [-0.2, 0) is 0 Å². The summed E-state index contributed by atoms with van der Waals surface area (Å²) in [6.45, 7) is 0. The molecule has 0 amide bonds. The van der Waals surface area contributed by atoms with E-state index in [0.717, 1.165) is 55.7 Å². The van der Waals surface area contributed by atoms with Gasteiger partial charge in [-0.25, -0.2) is 0 Å². The van der Waals surface area contributed by atoms with Gasteiger partial charge in [-0.15, -0.1) is 0 Å². The molecule has 0 unspecified atom stereocenters. The molecular formula is C60H41NO. The highest BCUT2D eigenvalue weighted by Crippen LogP contribution is 2.46. The fourth-order valence-electron chi connectivity index (χ4n) is 8.96. The molecule has 2 heteroatoms. The third-order valence-electron chi connectivity index (χ3n) is 12.0. The Bertz CT molecular complexity index is 3310. The third kappa shape index (κ3) is 6.84. The maximum absolute atomic E-state index is 6.28. The Morgan fingerprint density at radius 1 is 0.242 bits per heavy atom. The molecule has 1 heterocycles. The van der Waals surface area contributed by atoms with E-state index in [0.29, 0.717) is 0 Å². The lowest BCUT2D eigenvalue weighted by atomic mass is 9.88. The van der Waals surface area contributed by atoms with Crippen LogP contribution in [-0.4, -0.2) is 0 Å².